The van der Waals surface area contributed by atoms with E-state index in [1.54, 1.807) is 13.0 Å². The number of carbonyl (C=O) groups is 1. The Morgan fingerprint density at radius 2 is 2.21 bits per heavy atom. The summed E-state index contributed by atoms with van der Waals surface area (Å²) in [4.78, 5) is 14.2. The molecule has 3 nitrogen and oxygen atoms in total. The van der Waals surface area contributed by atoms with E-state index in [0.29, 0.717) is 17.2 Å². The van der Waals surface area contributed by atoms with Gasteiger partial charge in [0.25, 0.3) is 5.91 Å². The van der Waals surface area contributed by atoms with Crippen molar-refractivity contribution in [2.45, 2.75) is 25.8 Å². The Morgan fingerprint density at radius 1 is 1.47 bits per heavy atom. The van der Waals surface area contributed by atoms with Gasteiger partial charge in [-0.25, -0.2) is 4.39 Å². The normalized spacial score (nSPS) is 18.9. The molecule has 1 saturated heterocycles. The summed E-state index contributed by atoms with van der Waals surface area (Å²) in [5.74, 6) is -0.289. The molecular formula is C14H20ClFN2O. The minimum absolute atomic E-state index is 0. The summed E-state index contributed by atoms with van der Waals surface area (Å²) in [5, 5.41) is 3.21. The highest BCUT2D eigenvalue weighted by Crippen LogP contribution is 2.17. The maximum absolute atomic E-state index is 13.0. The predicted octanol–water partition coefficient (Wildman–Crippen LogP) is 2.38. The van der Waals surface area contributed by atoms with Gasteiger partial charge in [0.1, 0.15) is 5.82 Å². The quantitative estimate of drug-likeness (QED) is 0.905. The Hall–Kier alpha value is -1.13. The second kappa shape index (κ2) is 6.87. The number of hydrogen-bond acceptors (Lipinski definition) is 2. The lowest BCUT2D eigenvalue weighted by Gasteiger charge is -2.33. The minimum Gasteiger partial charge on any atom is -0.337 e. The van der Waals surface area contributed by atoms with Crippen LogP contribution in [0.4, 0.5) is 4.39 Å². The van der Waals surface area contributed by atoms with Crippen molar-refractivity contribution in [2.24, 2.45) is 0 Å². The van der Waals surface area contributed by atoms with Crippen LogP contribution in [0.15, 0.2) is 18.2 Å². The molecule has 19 heavy (non-hydrogen) atoms. The topological polar surface area (TPSA) is 32.3 Å². The molecule has 1 unspecified atom stereocenters. The van der Waals surface area contributed by atoms with E-state index >= 15 is 0 Å². The molecular weight excluding hydrogens is 267 g/mol. The van der Waals surface area contributed by atoms with Crippen LogP contribution in [0.5, 0.6) is 0 Å². The van der Waals surface area contributed by atoms with Crippen LogP contribution in [0.3, 0.4) is 0 Å². The number of amides is 1. The summed E-state index contributed by atoms with van der Waals surface area (Å²) in [6.45, 7) is 3.29. The molecule has 1 aromatic carbocycles. The largest absolute Gasteiger partial charge is 0.337 e. The molecule has 0 bridgehead atoms. The van der Waals surface area contributed by atoms with Crippen LogP contribution in [0.1, 0.15) is 28.8 Å². The van der Waals surface area contributed by atoms with Gasteiger partial charge in [0.2, 0.25) is 0 Å². The van der Waals surface area contributed by atoms with Gasteiger partial charge in [0, 0.05) is 24.7 Å². The molecule has 1 aliphatic rings. The number of likely N-dealkylation sites (tertiary alicyclic amines) is 1. The van der Waals surface area contributed by atoms with Crippen LogP contribution in [0.25, 0.3) is 0 Å². The third kappa shape index (κ3) is 3.67. The van der Waals surface area contributed by atoms with E-state index in [4.69, 9.17) is 0 Å². The minimum atomic E-state index is -0.296. The van der Waals surface area contributed by atoms with E-state index < -0.39 is 0 Å². The van der Waals surface area contributed by atoms with Gasteiger partial charge in [0.05, 0.1) is 0 Å². The standard InChI is InChI=1S/C14H19FN2O.ClH/c1-10-8-11(15)5-6-13(10)14(18)17-7-3-4-12(9-17)16-2;/h5-6,8,12,16H,3-4,7,9H2,1-2H3;1H. The average Bonchev–Trinajstić information content (AvgIpc) is 2.38. The molecule has 1 amide bonds. The fraction of sp³-hybridized carbons (Fsp3) is 0.500. The summed E-state index contributed by atoms with van der Waals surface area (Å²) < 4.78 is 13.0. The van der Waals surface area contributed by atoms with Crippen LogP contribution in [-0.2, 0) is 0 Å². The van der Waals surface area contributed by atoms with E-state index in [1.807, 2.05) is 11.9 Å². The average molecular weight is 287 g/mol. The zero-order valence-corrected chi connectivity index (χ0v) is 12.1. The van der Waals surface area contributed by atoms with Crippen molar-refractivity contribution in [1.29, 1.82) is 0 Å². The third-order valence-electron chi connectivity index (χ3n) is 3.54. The highest BCUT2D eigenvalue weighted by molar-refractivity contribution is 5.95. The molecule has 1 heterocycles. The van der Waals surface area contributed by atoms with E-state index in [2.05, 4.69) is 5.32 Å². The highest BCUT2D eigenvalue weighted by Gasteiger charge is 2.24. The van der Waals surface area contributed by atoms with E-state index in [-0.39, 0.29) is 24.1 Å². The van der Waals surface area contributed by atoms with Crippen molar-refractivity contribution in [3.05, 3.63) is 35.1 Å². The van der Waals surface area contributed by atoms with Crippen molar-refractivity contribution >= 4 is 18.3 Å². The van der Waals surface area contributed by atoms with Gasteiger partial charge in [-0.2, -0.15) is 0 Å². The number of benzene rings is 1. The second-order valence-electron chi connectivity index (χ2n) is 4.84. The molecule has 0 saturated carbocycles. The maximum Gasteiger partial charge on any atom is 0.254 e. The number of nitrogens with one attached hydrogen (secondary N) is 1. The zero-order valence-electron chi connectivity index (χ0n) is 11.3. The predicted molar refractivity (Wildman–Crippen MR) is 76.4 cm³/mol. The van der Waals surface area contributed by atoms with Crippen molar-refractivity contribution in [3.63, 3.8) is 0 Å². The van der Waals surface area contributed by atoms with Crippen molar-refractivity contribution < 1.29 is 9.18 Å². The monoisotopic (exact) mass is 286 g/mol. The van der Waals surface area contributed by atoms with E-state index in [1.165, 1.54) is 12.1 Å². The van der Waals surface area contributed by atoms with Gasteiger partial charge in [-0.05, 0) is 50.6 Å². The van der Waals surface area contributed by atoms with Crippen LogP contribution in [-0.4, -0.2) is 37.0 Å². The fourth-order valence-electron chi connectivity index (χ4n) is 2.43. The first-order chi connectivity index (χ1) is 8.61. The number of aryl methyl sites for hydroxylation is 1. The maximum atomic E-state index is 13.0. The number of likely N-dealkylation sites (N-methyl/N-ethyl adjacent to an activating group) is 1. The summed E-state index contributed by atoms with van der Waals surface area (Å²) in [5.41, 5.74) is 1.31. The fourth-order valence-corrected chi connectivity index (χ4v) is 2.43. The first-order valence-electron chi connectivity index (χ1n) is 6.34. The number of halogens is 2. The molecule has 106 valence electrons. The van der Waals surface area contributed by atoms with Crippen LogP contribution in [0.2, 0.25) is 0 Å². The van der Waals surface area contributed by atoms with E-state index in [9.17, 15) is 9.18 Å². The first-order valence-corrected chi connectivity index (χ1v) is 6.34. The van der Waals surface area contributed by atoms with Gasteiger partial charge in [-0.1, -0.05) is 0 Å². The van der Waals surface area contributed by atoms with Gasteiger partial charge >= 0.3 is 0 Å². The van der Waals surface area contributed by atoms with Gasteiger partial charge in [-0.15, -0.1) is 12.4 Å². The highest BCUT2D eigenvalue weighted by atomic mass is 35.5. The van der Waals surface area contributed by atoms with Crippen LogP contribution >= 0.6 is 12.4 Å². The molecule has 1 atom stereocenters. The molecule has 0 spiro atoms. The number of rotatable bonds is 2. The van der Waals surface area contributed by atoms with Crippen molar-refractivity contribution in [1.82, 2.24) is 10.2 Å². The Morgan fingerprint density at radius 3 is 2.84 bits per heavy atom. The molecule has 1 N–H and O–H groups in total. The first kappa shape index (κ1) is 15.9. The lowest BCUT2D eigenvalue weighted by atomic mass is 10.0. The number of hydrogen-bond donors (Lipinski definition) is 1. The summed E-state index contributed by atoms with van der Waals surface area (Å²) in [6.07, 6.45) is 2.11. The Bertz CT molecular complexity index is 453. The third-order valence-corrected chi connectivity index (χ3v) is 3.54. The molecule has 5 heteroatoms. The number of nitrogens with zero attached hydrogens (tertiary/aromatic N) is 1. The Balaban J connectivity index is 0.00000180. The zero-order chi connectivity index (χ0) is 13.1. The van der Waals surface area contributed by atoms with Gasteiger partial charge < -0.3 is 10.2 Å². The molecule has 2 rings (SSSR count). The Kier molecular flexibility index (Phi) is 5.76. The second-order valence-corrected chi connectivity index (χ2v) is 4.84. The molecule has 1 aliphatic heterocycles. The molecule has 0 radical (unpaired) electrons. The SMILES string of the molecule is CNC1CCCN(C(=O)c2ccc(F)cc2C)C1.Cl. The lowest BCUT2D eigenvalue weighted by molar-refractivity contribution is 0.0697. The van der Waals surface area contributed by atoms with Gasteiger partial charge in [0.15, 0.2) is 0 Å². The van der Waals surface area contributed by atoms with Crippen molar-refractivity contribution in [2.75, 3.05) is 20.1 Å². The van der Waals surface area contributed by atoms with E-state index in [0.717, 1.165) is 25.9 Å². The molecule has 0 aromatic heterocycles. The molecule has 1 aromatic rings. The number of piperidine rings is 1. The van der Waals surface area contributed by atoms with Crippen molar-refractivity contribution in [3.8, 4) is 0 Å². The molecule has 1 fully saturated rings. The molecule has 0 aliphatic carbocycles. The summed E-state index contributed by atoms with van der Waals surface area (Å²) in [7, 11) is 1.92. The van der Waals surface area contributed by atoms with Crippen LogP contribution < -0.4 is 5.32 Å². The summed E-state index contributed by atoms with van der Waals surface area (Å²) in [6, 6.07) is 4.70. The van der Waals surface area contributed by atoms with Gasteiger partial charge in [-0.3, -0.25) is 4.79 Å². The van der Waals surface area contributed by atoms with Crippen LogP contribution in [0, 0.1) is 12.7 Å². The number of carbonyl (C=O) groups excluding carboxylic acids is 1. The lowest BCUT2D eigenvalue weighted by Crippen LogP contribution is -2.47. The summed E-state index contributed by atoms with van der Waals surface area (Å²) >= 11 is 0. The smallest absolute Gasteiger partial charge is 0.254 e. The Labute approximate surface area is 119 Å².